The number of carbonyl (C=O) groups excluding carboxylic acids is 1. The van der Waals surface area contributed by atoms with E-state index in [0.29, 0.717) is 5.92 Å². The van der Waals surface area contributed by atoms with Crippen molar-refractivity contribution in [3.63, 3.8) is 0 Å². The Morgan fingerprint density at radius 3 is 2.61 bits per heavy atom. The number of nitrogens with one attached hydrogen (secondary N) is 2. The predicted molar refractivity (Wildman–Crippen MR) is 73.2 cm³/mol. The molecule has 1 unspecified atom stereocenters. The van der Waals surface area contributed by atoms with Crippen molar-refractivity contribution in [2.45, 2.75) is 38.8 Å². The highest BCUT2D eigenvalue weighted by Gasteiger charge is 2.25. The van der Waals surface area contributed by atoms with Crippen LogP contribution in [0.3, 0.4) is 0 Å². The highest BCUT2D eigenvalue weighted by Crippen LogP contribution is 2.21. The molecule has 1 aromatic rings. The lowest BCUT2D eigenvalue weighted by Crippen LogP contribution is -2.43. The Morgan fingerprint density at radius 2 is 2.06 bits per heavy atom. The third-order valence-corrected chi connectivity index (χ3v) is 3.50. The molecule has 1 amide bonds. The number of carbonyl (C=O) groups is 1. The zero-order chi connectivity index (χ0) is 13.0. The van der Waals surface area contributed by atoms with Gasteiger partial charge in [-0.1, -0.05) is 44.2 Å². The third-order valence-electron chi connectivity index (χ3n) is 3.50. The van der Waals surface area contributed by atoms with Gasteiger partial charge in [0.2, 0.25) is 5.91 Å². The van der Waals surface area contributed by atoms with Crippen LogP contribution in [0.5, 0.6) is 0 Å². The van der Waals surface area contributed by atoms with E-state index in [9.17, 15) is 4.79 Å². The summed E-state index contributed by atoms with van der Waals surface area (Å²) in [5, 5.41) is 6.41. The van der Waals surface area contributed by atoms with Crippen LogP contribution in [0.4, 0.5) is 0 Å². The van der Waals surface area contributed by atoms with E-state index in [1.54, 1.807) is 0 Å². The number of hydrogen-bond acceptors (Lipinski definition) is 2. The Bertz CT molecular complexity index is 383. The summed E-state index contributed by atoms with van der Waals surface area (Å²) < 4.78 is 0. The van der Waals surface area contributed by atoms with Gasteiger partial charge in [0.25, 0.3) is 0 Å². The molecule has 98 valence electrons. The first kappa shape index (κ1) is 13.1. The van der Waals surface area contributed by atoms with Crippen LogP contribution < -0.4 is 10.6 Å². The SMILES string of the molecule is CC(C)C(NC(=O)[C@H]1CCCN1)c1ccccc1. The summed E-state index contributed by atoms with van der Waals surface area (Å²) in [7, 11) is 0. The molecular formula is C15H22N2O. The normalized spacial score (nSPS) is 20.9. The minimum atomic E-state index is -0.00466. The van der Waals surface area contributed by atoms with Gasteiger partial charge in [-0.3, -0.25) is 4.79 Å². The molecule has 1 aromatic carbocycles. The number of rotatable bonds is 4. The molecule has 0 aromatic heterocycles. The lowest BCUT2D eigenvalue weighted by molar-refractivity contribution is -0.123. The van der Waals surface area contributed by atoms with Crippen LogP contribution in [0.1, 0.15) is 38.3 Å². The first-order valence-corrected chi connectivity index (χ1v) is 6.77. The molecule has 2 N–H and O–H groups in total. The highest BCUT2D eigenvalue weighted by atomic mass is 16.2. The minimum absolute atomic E-state index is 0.00466. The van der Waals surface area contributed by atoms with Crippen LogP contribution in [0.15, 0.2) is 30.3 Å². The first-order chi connectivity index (χ1) is 8.68. The van der Waals surface area contributed by atoms with E-state index in [0.717, 1.165) is 19.4 Å². The van der Waals surface area contributed by atoms with Crippen LogP contribution in [0.2, 0.25) is 0 Å². The Labute approximate surface area is 109 Å². The summed E-state index contributed by atoms with van der Waals surface area (Å²) in [6.45, 7) is 5.23. The van der Waals surface area contributed by atoms with E-state index in [2.05, 4.69) is 36.6 Å². The van der Waals surface area contributed by atoms with Gasteiger partial charge in [-0.2, -0.15) is 0 Å². The summed E-state index contributed by atoms with van der Waals surface area (Å²) in [5.41, 5.74) is 1.18. The van der Waals surface area contributed by atoms with Crippen LogP contribution in [-0.2, 0) is 4.79 Å². The largest absolute Gasteiger partial charge is 0.348 e. The molecule has 1 fully saturated rings. The predicted octanol–water partition coefficient (Wildman–Crippen LogP) is 2.25. The highest BCUT2D eigenvalue weighted by molar-refractivity contribution is 5.82. The Morgan fingerprint density at radius 1 is 1.33 bits per heavy atom. The van der Waals surface area contributed by atoms with Crippen molar-refractivity contribution in [2.24, 2.45) is 5.92 Å². The maximum atomic E-state index is 12.2. The van der Waals surface area contributed by atoms with E-state index in [-0.39, 0.29) is 18.0 Å². The lowest BCUT2D eigenvalue weighted by atomic mass is 9.95. The summed E-state index contributed by atoms with van der Waals surface area (Å²) in [4.78, 5) is 12.2. The fourth-order valence-electron chi connectivity index (χ4n) is 2.46. The van der Waals surface area contributed by atoms with Crippen LogP contribution in [0.25, 0.3) is 0 Å². The molecule has 18 heavy (non-hydrogen) atoms. The number of hydrogen-bond donors (Lipinski definition) is 2. The summed E-state index contributed by atoms with van der Waals surface area (Å²) in [6.07, 6.45) is 2.04. The van der Waals surface area contributed by atoms with Crippen molar-refractivity contribution in [1.82, 2.24) is 10.6 Å². The van der Waals surface area contributed by atoms with E-state index in [1.165, 1.54) is 5.56 Å². The van der Waals surface area contributed by atoms with E-state index < -0.39 is 0 Å². The Hall–Kier alpha value is -1.35. The second-order valence-corrected chi connectivity index (χ2v) is 5.29. The van der Waals surface area contributed by atoms with Crippen LogP contribution >= 0.6 is 0 Å². The zero-order valence-electron chi connectivity index (χ0n) is 11.1. The average molecular weight is 246 g/mol. The van der Waals surface area contributed by atoms with E-state index in [4.69, 9.17) is 0 Å². The molecule has 2 atom stereocenters. The third kappa shape index (κ3) is 3.10. The second-order valence-electron chi connectivity index (χ2n) is 5.29. The van der Waals surface area contributed by atoms with Crippen molar-refractivity contribution < 1.29 is 4.79 Å². The van der Waals surface area contributed by atoms with Crippen LogP contribution in [0, 0.1) is 5.92 Å². The van der Waals surface area contributed by atoms with Crippen molar-refractivity contribution in [3.05, 3.63) is 35.9 Å². The molecule has 3 heteroatoms. The Kier molecular flexibility index (Phi) is 4.37. The van der Waals surface area contributed by atoms with Gasteiger partial charge in [0.15, 0.2) is 0 Å². The van der Waals surface area contributed by atoms with Gasteiger partial charge in [-0.15, -0.1) is 0 Å². The molecule has 0 radical (unpaired) electrons. The number of amides is 1. The molecule has 0 saturated carbocycles. The molecule has 1 heterocycles. The number of benzene rings is 1. The van der Waals surface area contributed by atoms with E-state index in [1.807, 2.05) is 18.2 Å². The van der Waals surface area contributed by atoms with Crippen LogP contribution in [-0.4, -0.2) is 18.5 Å². The first-order valence-electron chi connectivity index (χ1n) is 6.77. The van der Waals surface area contributed by atoms with Gasteiger partial charge in [-0.25, -0.2) is 0 Å². The molecule has 0 spiro atoms. The zero-order valence-corrected chi connectivity index (χ0v) is 11.1. The summed E-state index contributed by atoms with van der Waals surface area (Å²) in [5.74, 6) is 0.521. The van der Waals surface area contributed by atoms with Gasteiger partial charge in [0.05, 0.1) is 12.1 Å². The molecule has 1 saturated heterocycles. The van der Waals surface area contributed by atoms with Crippen molar-refractivity contribution >= 4 is 5.91 Å². The Balaban J connectivity index is 2.05. The maximum absolute atomic E-state index is 12.2. The quantitative estimate of drug-likeness (QED) is 0.855. The van der Waals surface area contributed by atoms with Crippen molar-refractivity contribution in [3.8, 4) is 0 Å². The summed E-state index contributed by atoms with van der Waals surface area (Å²) >= 11 is 0. The topological polar surface area (TPSA) is 41.1 Å². The van der Waals surface area contributed by atoms with Gasteiger partial charge in [-0.05, 0) is 30.9 Å². The van der Waals surface area contributed by atoms with Crippen molar-refractivity contribution in [1.29, 1.82) is 0 Å². The molecule has 0 aliphatic carbocycles. The molecule has 1 aliphatic heterocycles. The molecule has 1 aliphatic rings. The van der Waals surface area contributed by atoms with Gasteiger partial charge < -0.3 is 10.6 Å². The molecular weight excluding hydrogens is 224 g/mol. The van der Waals surface area contributed by atoms with Crippen molar-refractivity contribution in [2.75, 3.05) is 6.54 Å². The second kappa shape index (κ2) is 6.01. The lowest BCUT2D eigenvalue weighted by Gasteiger charge is -2.24. The monoisotopic (exact) mass is 246 g/mol. The standard InChI is InChI=1S/C15H22N2O/c1-11(2)14(12-7-4-3-5-8-12)17-15(18)13-9-6-10-16-13/h3-5,7-8,11,13-14,16H,6,9-10H2,1-2H3,(H,17,18)/t13-,14?/m1/s1. The van der Waals surface area contributed by atoms with Gasteiger partial charge >= 0.3 is 0 Å². The minimum Gasteiger partial charge on any atom is -0.348 e. The molecule has 0 bridgehead atoms. The molecule has 2 rings (SSSR count). The fourth-order valence-corrected chi connectivity index (χ4v) is 2.46. The fraction of sp³-hybridized carbons (Fsp3) is 0.533. The van der Waals surface area contributed by atoms with Gasteiger partial charge in [0.1, 0.15) is 0 Å². The average Bonchev–Trinajstić information content (AvgIpc) is 2.90. The van der Waals surface area contributed by atoms with Gasteiger partial charge in [0, 0.05) is 0 Å². The smallest absolute Gasteiger partial charge is 0.237 e. The molecule has 3 nitrogen and oxygen atoms in total. The summed E-state index contributed by atoms with van der Waals surface area (Å²) in [6, 6.07) is 10.3. The maximum Gasteiger partial charge on any atom is 0.237 e. The van der Waals surface area contributed by atoms with E-state index >= 15 is 0 Å².